The zero-order valence-electron chi connectivity index (χ0n) is 34.6. The van der Waals surface area contributed by atoms with Crippen LogP contribution in [-0.2, 0) is 23.7 Å². The summed E-state index contributed by atoms with van der Waals surface area (Å²) in [5.74, 6) is -1.80. The van der Waals surface area contributed by atoms with E-state index in [0.29, 0.717) is 5.56 Å². The standard InChI is InChI=1S/C43H48O23/c1-58-25-10-17(2-8-22(25)48)3-9-30(49)59-16-29-33(52)36(55)40(66-42-38(57)35(54)32(51)28(15-45)64-42)43(65-29)62-26-13-21-23(60-39(26)18-4-6-19(46)7-5-18)11-20(47)12-24(21)61-41-37(56)34(53)31(50)27(14-44)63-41/h2-13,27-29,31-38,40-46,48,50-57H,14-16H2,1H3/p+1/t27-,28-,29-,31-,32-,33-,34+,35+,36+,37-,38-,40-,41-,42+,43-/m1/s1. The summed E-state index contributed by atoms with van der Waals surface area (Å²) < 4.78 is 52.0. The van der Waals surface area contributed by atoms with Crippen LogP contribution >= 0.6 is 0 Å². The summed E-state index contributed by atoms with van der Waals surface area (Å²) >= 11 is 0. The average molecular weight is 934 g/mol. The lowest BCUT2D eigenvalue weighted by molar-refractivity contribution is -0.357. The van der Waals surface area contributed by atoms with Gasteiger partial charge in [0.1, 0.15) is 78.3 Å². The zero-order valence-corrected chi connectivity index (χ0v) is 34.6. The van der Waals surface area contributed by atoms with Gasteiger partial charge in [0.25, 0.3) is 0 Å². The zero-order chi connectivity index (χ0) is 47.6. The number of aromatic hydroxyl groups is 2. The van der Waals surface area contributed by atoms with Crippen LogP contribution in [-0.4, -0.2) is 191 Å². The van der Waals surface area contributed by atoms with E-state index in [9.17, 15) is 70.9 Å². The lowest BCUT2D eigenvalue weighted by Gasteiger charge is -2.45. The van der Waals surface area contributed by atoms with E-state index in [0.717, 1.165) is 18.2 Å². The first-order chi connectivity index (χ1) is 31.5. The molecule has 1 aliphatic carbocycles. The van der Waals surface area contributed by atoms with Crippen LogP contribution in [0, 0.1) is 0 Å². The maximum atomic E-state index is 13.0. The molecule has 0 aromatic heterocycles. The molecule has 4 aliphatic heterocycles. The van der Waals surface area contributed by atoms with Crippen LogP contribution in [0.5, 0.6) is 28.7 Å². The van der Waals surface area contributed by atoms with Crippen molar-refractivity contribution in [2.75, 3.05) is 26.9 Å². The second-order valence-electron chi connectivity index (χ2n) is 15.5. The van der Waals surface area contributed by atoms with Gasteiger partial charge >= 0.3 is 5.97 Å². The number of aliphatic hydroxyl groups excluding tert-OH is 10. The number of carbonyl (C=O) groups excluding carboxylic acids is 1. The van der Waals surface area contributed by atoms with Gasteiger partial charge in [0.2, 0.25) is 19.2 Å². The maximum absolute atomic E-state index is 13.0. The fourth-order valence-corrected chi connectivity index (χ4v) is 7.37. The second kappa shape index (κ2) is 20.6. The summed E-state index contributed by atoms with van der Waals surface area (Å²) in [6, 6.07) is 13.0. The van der Waals surface area contributed by atoms with Gasteiger partial charge < -0.3 is 108 Å². The second-order valence-corrected chi connectivity index (χ2v) is 15.5. The third-order valence-corrected chi connectivity index (χ3v) is 11.1. The van der Waals surface area contributed by atoms with E-state index in [-0.39, 0.29) is 51.4 Å². The largest absolute Gasteiger partial charge is 0.510 e. The van der Waals surface area contributed by atoms with Crippen molar-refractivity contribution in [2.45, 2.75) is 92.1 Å². The molecule has 0 saturated carbocycles. The number of aliphatic hydroxyl groups is 10. The molecule has 0 spiro atoms. The molecular weight excluding hydrogens is 884 g/mol. The summed E-state index contributed by atoms with van der Waals surface area (Å²) in [5, 5.41) is 126. The van der Waals surface area contributed by atoms with E-state index < -0.39 is 123 Å². The highest BCUT2D eigenvalue weighted by atomic mass is 16.8. The Bertz CT molecular complexity index is 2330. The van der Waals surface area contributed by atoms with E-state index in [1.54, 1.807) is 0 Å². The smallest absolute Gasteiger partial charge is 0.508 e. The van der Waals surface area contributed by atoms with Gasteiger partial charge in [-0.25, -0.2) is 0 Å². The lowest BCUT2D eigenvalue weighted by atomic mass is 9.97. The molecule has 358 valence electrons. The molecule has 0 unspecified atom stereocenters. The lowest BCUT2D eigenvalue weighted by Crippen LogP contribution is -2.65. The molecule has 3 fully saturated rings. The Balaban J connectivity index is 1.25. The van der Waals surface area contributed by atoms with Gasteiger partial charge in [-0.3, -0.25) is 4.79 Å². The van der Waals surface area contributed by atoms with Crippen LogP contribution in [0.3, 0.4) is 0 Å². The van der Waals surface area contributed by atoms with Gasteiger partial charge in [0.05, 0.1) is 32.0 Å². The summed E-state index contributed by atoms with van der Waals surface area (Å²) in [6.07, 6.45) is -24.5. The third kappa shape index (κ3) is 10.2. The van der Waals surface area contributed by atoms with E-state index >= 15 is 0 Å². The highest BCUT2D eigenvalue weighted by Crippen LogP contribution is 2.43. The van der Waals surface area contributed by atoms with Gasteiger partial charge in [0.15, 0.2) is 46.9 Å². The normalized spacial score (nSPS) is 32.6. The fourth-order valence-electron chi connectivity index (χ4n) is 7.37. The number of ether oxygens (including phenoxy) is 8. The molecule has 0 bridgehead atoms. The van der Waals surface area contributed by atoms with Crippen molar-refractivity contribution in [3.8, 4) is 51.4 Å². The molecule has 4 heterocycles. The quantitative estimate of drug-likeness (QED) is 0.0346. The molecule has 0 amide bonds. The highest BCUT2D eigenvalue weighted by Gasteiger charge is 2.53. The number of hydrogen-bond acceptors (Lipinski definition) is 22. The van der Waals surface area contributed by atoms with Crippen LogP contribution in [0.15, 0.2) is 76.0 Å². The molecule has 66 heavy (non-hydrogen) atoms. The number of esters is 1. The van der Waals surface area contributed by atoms with Crippen LogP contribution in [0.2, 0.25) is 0 Å². The van der Waals surface area contributed by atoms with Crippen LogP contribution < -0.4 is 19.6 Å². The summed E-state index contributed by atoms with van der Waals surface area (Å²) in [4.78, 5) is 23.6. The predicted molar refractivity (Wildman–Crippen MR) is 220 cm³/mol. The minimum atomic E-state index is -2.03. The van der Waals surface area contributed by atoms with Crippen LogP contribution in [0.4, 0.5) is 0 Å². The predicted octanol–water partition coefficient (Wildman–Crippen LogP) is -2.75. The first kappa shape index (κ1) is 48.5. The van der Waals surface area contributed by atoms with Crippen LogP contribution in [0.25, 0.3) is 28.7 Å². The number of phenols is 2. The number of benzene rings is 3. The third-order valence-electron chi connectivity index (χ3n) is 11.1. The molecular formula is C43H49O23+. The first-order valence-corrected chi connectivity index (χ1v) is 20.3. The molecule has 23 heteroatoms. The molecule has 23 nitrogen and oxygen atoms in total. The minimum Gasteiger partial charge on any atom is -0.508 e. The summed E-state index contributed by atoms with van der Waals surface area (Å²) in [5.41, 5.74) is -0.0661. The highest BCUT2D eigenvalue weighted by molar-refractivity contribution is 5.88. The van der Waals surface area contributed by atoms with Crippen molar-refractivity contribution in [3.05, 3.63) is 82.5 Å². The Hall–Kier alpha value is -5.48. The van der Waals surface area contributed by atoms with Gasteiger partial charge in [-0.2, -0.15) is 0 Å². The van der Waals surface area contributed by atoms with E-state index in [2.05, 4.69) is 0 Å². The Morgan fingerprint density at radius 2 is 1.27 bits per heavy atom. The van der Waals surface area contributed by atoms with Crippen molar-refractivity contribution in [1.29, 1.82) is 0 Å². The van der Waals surface area contributed by atoms with E-state index in [1.807, 2.05) is 0 Å². The molecule has 13 N–H and O–H groups in total. The molecule has 0 radical (unpaired) electrons. The SMILES string of the molecule is COc1cc(C=CC(=[OH+])OC[C@H]2O[C@@H](Oc3cc4c(O[C@@H]5O[C@H](CO)[C@@H](O)[C@H](O)[C@H]5O)cc(=O)cc-4oc3-c3ccc(O)cc3)[C@H](O[C@@H]3O[C@H](CO)[C@@H](O)[C@H](O)[C@H]3O)[C@@H](O)[C@@H]2O)ccc1O. The Kier molecular flexibility index (Phi) is 15.1. The van der Waals surface area contributed by atoms with E-state index in [4.69, 9.17) is 42.3 Å². The number of rotatable bonds is 14. The average Bonchev–Trinajstić information content (AvgIpc) is 3.30. The molecule has 2 aromatic carbocycles. The molecule has 3 saturated heterocycles. The van der Waals surface area contributed by atoms with Crippen molar-refractivity contribution in [2.24, 2.45) is 0 Å². The maximum Gasteiger partial charge on any atom is 0.510 e. The minimum absolute atomic E-state index is 0.0654. The number of methoxy groups -OCH3 is 1. The van der Waals surface area contributed by atoms with Crippen molar-refractivity contribution < 1.29 is 108 Å². The summed E-state index contributed by atoms with van der Waals surface area (Å²) in [6.45, 7) is -2.31. The molecule has 7 rings (SSSR count). The summed E-state index contributed by atoms with van der Waals surface area (Å²) in [7, 11) is 1.35. The number of hydrogen-bond donors (Lipinski definition) is 12. The fraction of sp³-hybridized carbons (Fsp3) is 0.442. The Labute approximate surface area is 372 Å². The van der Waals surface area contributed by atoms with Gasteiger partial charge in [-0.15, -0.1) is 0 Å². The van der Waals surface area contributed by atoms with Crippen molar-refractivity contribution >= 4 is 12.0 Å². The van der Waals surface area contributed by atoms with Crippen LogP contribution in [0.1, 0.15) is 5.56 Å². The first-order valence-electron chi connectivity index (χ1n) is 20.3. The molecule has 15 atom stereocenters. The Morgan fingerprint density at radius 1 is 0.667 bits per heavy atom. The topological polar surface area (TPSA) is 368 Å². The van der Waals surface area contributed by atoms with Crippen molar-refractivity contribution in [1.82, 2.24) is 0 Å². The molecule has 5 aliphatic rings. The Morgan fingerprint density at radius 3 is 1.92 bits per heavy atom. The molecule has 2 aromatic rings. The van der Waals surface area contributed by atoms with E-state index in [1.165, 1.54) is 61.7 Å². The van der Waals surface area contributed by atoms with Gasteiger partial charge in [-0.05, 0) is 54.1 Å². The number of phenolic OH excluding ortho intramolecular Hbond substituents is 2. The van der Waals surface area contributed by atoms with Gasteiger partial charge in [0, 0.05) is 17.7 Å². The monoisotopic (exact) mass is 933 g/mol. The van der Waals surface area contributed by atoms with Gasteiger partial charge in [-0.1, -0.05) is 6.07 Å². The number of fused-ring (bicyclic) bond motifs is 1. The van der Waals surface area contributed by atoms with Crippen molar-refractivity contribution in [3.63, 3.8) is 0 Å².